The van der Waals surface area contributed by atoms with Gasteiger partial charge >= 0.3 is 0 Å². The van der Waals surface area contributed by atoms with E-state index in [4.69, 9.17) is 4.98 Å². The summed E-state index contributed by atoms with van der Waals surface area (Å²) in [4.78, 5) is 26.1. The van der Waals surface area contributed by atoms with Crippen molar-refractivity contribution in [3.63, 3.8) is 0 Å². The minimum Gasteiger partial charge on any atom is -0.369 e. The Labute approximate surface area is 185 Å². The van der Waals surface area contributed by atoms with E-state index in [1.54, 1.807) is 29.9 Å². The molecule has 0 radical (unpaired) electrons. The lowest BCUT2D eigenvalue weighted by Gasteiger charge is -2.13. The van der Waals surface area contributed by atoms with Crippen molar-refractivity contribution in [2.24, 2.45) is 0 Å². The molecule has 0 bridgehead atoms. The van der Waals surface area contributed by atoms with Crippen LogP contribution in [0.25, 0.3) is 11.3 Å². The van der Waals surface area contributed by atoms with Gasteiger partial charge in [-0.25, -0.2) is 4.98 Å². The van der Waals surface area contributed by atoms with E-state index in [0.29, 0.717) is 24.5 Å². The zero-order chi connectivity index (χ0) is 21.5. The van der Waals surface area contributed by atoms with Crippen molar-refractivity contribution in [1.82, 2.24) is 20.3 Å². The summed E-state index contributed by atoms with van der Waals surface area (Å²) < 4.78 is 0. The predicted octanol–water partition coefficient (Wildman–Crippen LogP) is 4.49. The van der Waals surface area contributed by atoms with E-state index >= 15 is 0 Å². The van der Waals surface area contributed by atoms with E-state index < -0.39 is 0 Å². The number of carbonyl (C=O) groups is 1. The molecule has 0 spiro atoms. The van der Waals surface area contributed by atoms with Crippen molar-refractivity contribution in [2.75, 3.05) is 11.9 Å². The molecule has 0 saturated carbocycles. The number of rotatable bonds is 8. The monoisotopic (exact) mass is 429 g/mol. The van der Waals surface area contributed by atoms with E-state index in [2.05, 4.69) is 38.3 Å². The van der Waals surface area contributed by atoms with Crippen LogP contribution >= 0.6 is 11.3 Å². The Balaban J connectivity index is 1.53. The van der Waals surface area contributed by atoms with Gasteiger partial charge in [-0.2, -0.15) is 11.3 Å². The molecule has 156 valence electrons. The van der Waals surface area contributed by atoms with Crippen LogP contribution in [0, 0.1) is 6.92 Å². The number of hydrogen-bond acceptors (Lipinski definition) is 6. The Morgan fingerprint density at radius 2 is 2.00 bits per heavy atom. The summed E-state index contributed by atoms with van der Waals surface area (Å²) in [6.07, 6.45) is 5.98. The fourth-order valence-corrected chi connectivity index (χ4v) is 4.03. The van der Waals surface area contributed by atoms with Gasteiger partial charge in [-0.15, -0.1) is 0 Å². The van der Waals surface area contributed by atoms with Crippen molar-refractivity contribution < 1.29 is 4.79 Å². The van der Waals surface area contributed by atoms with Crippen molar-refractivity contribution in [3.8, 4) is 11.3 Å². The first-order chi connectivity index (χ1) is 15.2. The standard InChI is InChI=1S/C24H23N5OS/c1-17-15-31-16-21(17)22-8-7-20(24(30)28-14-18-5-4-10-25-13-18)23(29-22)27-12-9-19-6-2-3-11-26-19/h2-8,10-11,13,15-16H,9,12,14H2,1H3,(H,27,29)(H,28,30). The SMILES string of the molecule is Cc1cscc1-c1ccc(C(=O)NCc2cccnc2)c(NCCc2ccccn2)n1. The number of nitrogens with zero attached hydrogens (tertiary/aromatic N) is 3. The lowest BCUT2D eigenvalue weighted by molar-refractivity contribution is 0.0951. The second-order valence-corrected chi connectivity index (χ2v) is 7.85. The van der Waals surface area contributed by atoms with Gasteiger partial charge in [0.25, 0.3) is 5.91 Å². The Hall–Kier alpha value is -3.58. The minimum atomic E-state index is -0.176. The quantitative estimate of drug-likeness (QED) is 0.431. The summed E-state index contributed by atoms with van der Waals surface area (Å²) in [6.45, 7) is 3.10. The van der Waals surface area contributed by atoms with Gasteiger partial charge in [-0.05, 0) is 53.8 Å². The zero-order valence-electron chi connectivity index (χ0n) is 17.2. The van der Waals surface area contributed by atoms with Gasteiger partial charge in [0.05, 0.1) is 11.3 Å². The van der Waals surface area contributed by atoms with Gasteiger partial charge in [0, 0.05) is 54.7 Å². The summed E-state index contributed by atoms with van der Waals surface area (Å²) in [5.74, 6) is 0.396. The highest BCUT2D eigenvalue weighted by Gasteiger charge is 2.15. The second-order valence-electron chi connectivity index (χ2n) is 7.10. The Bertz CT molecular complexity index is 1150. The fraction of sp³-hybridized carbons (Fsp3) is 0.167. The summed E-state index contributed by atoms with van der Waals surface area (Å²) >= 11 is 1.64. The smallest absolute Gasteiger partial charge is 0.255 e. The number of aromatic nitrogens is 3. The molecule has 0 unspecified atom stereocenters. The second kappa shape index (κ2) is 9.95. The van der Waals surface area contributed by atoms with Crippen molar-refractivity contribution in [1.29, 1.82) is 0 Å². The molecule has 0 aromatic carbocycles. The lowest BCUT2D eigenvalue weighted by atomic mass is 10.1. The van der Waals surface area contributed by atoms with Crippen LogP contribution in [0.1, 0.15) is 27.2 Å². The predicted molar refractivity (Wildman–Crippen MR) is 124 cm³/mol. The van der Waals surface area contributed by atoms with E-state index in [0.717, 1.165) is 28.9 Å². The highest BCUT2D eigenvalue weighted by Crippen LogP contribution is 2.27. The first kappa shape index (κ1) is 20.7. The Morgan fingerprint density at radius 1 is 1.06 bits per heavy atom. The van der Waals surface area contributed by atoms with E-state index in [-0.39, 0.29) is 5.91 Å². The molecule has 0 fully saturated rings. The number of aryl methyl sites for hydroxylation is 1. The Kier molecular flexibility index (Phi) is 6.64. The molecule has 0 atom stereocenters. The van der Waals surface area contributed by atoms with Crippen LogP contribution in [0.5, 0.6) is 0 Å². The molecule has 0 aliphatic rings. The van der Waals surface area contributed by atoms with Crippen LogP contribution < -0.4 is 10.6 Å². The molecule has 2 N–H and O–H groups in total. The molecule has 4 heterocycles. The van der Waals surface area contributed by atoms with Crippen LogP contribution in [0.2, 0.25) is 0 Å². The van der Waals surface area contributed by atoms with Gasteiger partial charge in [0.2, 0.25) is 0 Å². The molecule has 1 amide bonds. The molecule has 0 aliphatic heterocycles. The van der Waals surface area contributed by atoms with E-state index in [1.165, 1.54) is 5.56 Å². The molecular weight excluding hydrogens is 406 g/mol. The molecule has 0 aliphatic carbocycles. The molecule has 4 aromatic rings. The molecule has 31 heavy (non-hydrogen) atoms. The minimum absolute atomic E-state index is 0.176. The van der Waals surface area contributed by atoms with Crippen LogP contribution in [-0.4, -0.2) is 27.4 Å². The van der Waals surface area contributed by atoms with Crippen molar-refractivity contribution in [2.45, 2.75) is 19.9 Å². The fourth-order valence-electron chi connectivity index (χ4n) is 3.19. The summed E-state index contributed by atoms with van der Waals surface area (Å²) in [6, 6.07) is 13.4. The highest BCUT2D eigenvalue weighted by molar-refractivity contribution is 7.08. The van der Waals surface area contributed by atoms with Crippen LogP contribution in [0.4, 0.5) is 5.82 Å². The molecule has 4 aromatic heterocycles. The molecule has 0 saturated heterocycles. The van der Waals surface area contributed by atoms with Crippen molar-refractivity contribution >= 4 is 23.1 Å². The normalized spacial score (nSPS) is 10.6. The third-order valence-electron chi connectivity index (χ3n) is 4.85. The van der Waals surface area contributed by atoms with Crippen molar-refractivity contribution in [3.05, 3.63) is 94.2 Å². The number of thiophene rings is 1. The van der Waals surface area contributed by atoms with Gasteiger partial charge < -0.3 is 10.6 Å². The molecule has 7 heteroatoms. The number of hydrogen-bond donors (Lipinski definition) is 2. The van der Waals surface area contributed by atoms with Crippen LogP contribution in [0.15, 0.2) is 71.8 Å². The maximum absolute atomic E-state index is 12.9. The van der Waals surface area contributed by atoms with E-state index in [9.17, 15) is 4.79 Å². The van der Waals surface area contributed by atoms with Gasteiger partial charge in [-0.1, -0.05) is 12.1 Å². The maximum atomic E-state index is 12.9. The topological polar surface area (TPSA) is 79.8 Å². The third kappa shape index (κ3) is 5.32. The molecule has 4 rings (SSSR count). The maximum Gasteiger partial charge on any atom is 0.255 e. The first-order valence-electron chi connectivity index (χ1n) is 10.1. The summed E-state index contributed by atoms with van der Waals surface area (Å²) in [5, 5.41) is 10.5. The summed E-state index contributed by atoms with van der Waals surface area (Å²) in [5.41, 5.74) is 5.55. The number of anilines is 1. The average molecular weight is 430 g/mol. The third-order valence-corrected chi connectivity index (χ3v) is 5.71. The summed E-state index contributed by atoms with van der Waals surface area (Å²) in [7, 11) is 0. The van der Waals surface area contributed by atoms with Gasteiger partial charge in [0.15, 0.2) is 0 Å². The van der Waals surface area contributed by atoms with Gasteiger partial charge in [0.1, 0.15) is 5.82 Å². The van der Waals surface area contributed by atoms with Crippen LogP contribution in [0.3, 0.4) is 0 Å². The molecular formula is C24H23N5OS. The van der Waals surface area contributed by atoms with Gasteiger partial charge in [-0.3, -0.25) is 14.8 Å². The largest absolute Gasteiger partial charge is 0.369 e. The highest BCUT2D eigenvalue weighted by atomic mass is 32.1. The number of nitrogens with one attached hydrogen (secondary N) is 2. The lowest BCUT2D eigenvalue weighted by Crippen LogP contribution is -2.25. The Morgan fingerprint density at radius 3 is 2.74 bits per heavy atom. The average Bonchev–Trinajstić information content (AvgIpc) is 3.24. The number of amides is 1. The zero-order valence-corrected chi connectivity index (χ0v) is 18.0. The number of carbonyl (C=O) groups excluding carboxylic acids is 1. The van der Waals surface area contributed by atoms with E-state index in [1.807, 2.05) is 42.5 Å². The first-order valence-corrected chi connectivity index (χ1v) is 11.0. The number of pyridine rings is 3. The molecule has 6 nitrogen and oxygen atoms in total. The van der Waals surface area contributed by atoms with Crippen LogP contribution in [-0.2, 0) is 13.0 Å².